The third-order valence-electron chi connectivity index (χ3n) is 7.68. The molecule has 0 bridgehead atoms. The second-order valence-corrected chi connectivity index (χ2v) is 11.5. The van der Waals surface area contributed by atoms with Crippen LogP contribution in [0.2, 0.25) is 0 Å². The normalized spacial score (nSPS) is 18.4. The number of nitrogens with zero attached hydrogens (tertiary/aromatic N) is 2. The minimum absolute atomic E-state index is 0.0571. The molecule has 2 heterocycles. The summed E-state index contributed by atoms with van der Waals surface area (Å²) >= 11 is 0. The highest BCUT2D eigenvalue weighted by Crippen LogP contribution is 2.43. The number of esters is 1. The third kappa shape index (κ3) is 9.05. The Hall–Kier alpha value is -4.08. The van der Waals surface area contributed by atoms with Gasteiger partial charge in [0.05, 0.1) is 18.9 Å². The van der Waals surface area contributed by atoms with Crippen LogP contribution in [0.15, 0.2) is 35.7 Å². The van der Waals surface area contributed by atoms with Crippen LogP contribution in [0.25, 0.3) is 0 Å². The lowest BCUT2D eigenvalue weighted by Crippen LogP contribution is -2.54. The van der Waals surface area contributed by atoms with Crippen LogP contribution in [0, 0.1) is 5.92 Å². The van der Waals surface area contributed by atoms with Gasteiger partial charge in [0.15, 0.2) is 0 Å². The van der Waals surface area contributed by atoms with Crippen LogP contribution in [-0.4, -0.2) is 96.4 Å². The van der Waals surface area contributed by atoms with Gasteiger partial charge in [-0.1, -0.05) is 27.2 Å². The van der Waals surface area contributed by atoms with E-state index in [1.807, 2.05) is 0 Å². The van der Waals surface area contributed by atoms with Gasteiger partial charge in [-0.15, -0.1) is 0 Å². The zero-order valence-corrected chi connectivity index (χ0v) is 26.5. The molecule has 2 aliphatic rings. The number of hydrogen-bond acceptors (Lipinski definition) is 7. The molecule has 0 radical (unpaired) electrons. The number of benzene rings is 1. The molecule has 0 aliphatic carbocycles. The summed E-state index contributed by atoms with van der Waals surface area (Å²) < 4.78 is 78.3. The van der Waals surface area contributed by atoms with Gasteiger partial charge >= 0.3 is 18.1 Å². The monoisotopic (exact) mass is 674 g/mol. The molecule has 47 heavy (non-hydrogen) atoms. The van der Waals surface area contributed by atoms with Crippen molar-refractivity contribution >= 4 is 29.6 Å². The number of allylic oxidation sites excluding steroid dienone is 2. The summed E-state index contributed by atoms with van der Waals surface area (Å²) in [5, 5.41) is 4.72. The van der Waals surface area contributed by atoms with Gasteiger partial charge in [0, 0.05) is 37.7 Å². The summed E-state index contributed by atoms with van der Waals surface area (Å²) in [5.41, 5.74) is -0.417. The molecule has 11 nitrogen and oxygen atoms in total. The summed E-state index contributed by atoms with van der Waals surface area (Å²) in [6, 6.07) is 3.52. The number of halogens is 5. The lowest BCUT2D eigenvalue weighted by Gasteiger charge is -2.30. The highest BCUT2D eigenvalue weighted by molar-refractivity contribution is 6.00. The zero-order chi connectivity index (χ0) is 35.1. The zero-order valence-electron chi connectivity index (χ0n) is 26.5. The molecule has 2 aliphatic heterocycles. The standard InChI is InChI=1S/C31H39F5N4O7/c1-5-7-22(37-26(42)20-9-11-21(12-10-20)28(44)39-14-16-46-17-15-39)29(45)40-13-6-8-23(40)27(43)38-24(18(2)3)25(47-19(4)41)30(32,33)31(34,35)36/h9-12,18,22-23H,5-8,13-17H2,1-4H3,(H,37,42)(H,38,43)/b25-24-/t22-,23-/m0/s1. The van der Waals surface area contributed by atoms with Crippen LogP contribution in [0.1, 0.15) is 74.1 Å². The van der Waals surface area contributed by atoms with Crippen LogP contribution in [-0.2, 0) is 23.9 Å². The Morgan fingerprint density at radius 3 is 2.11 bits per heavy atom. The smallest absolute Gasteiger partial charge is 0.422 e. The fourth-order valence-corrected chi connectivity index (χ4v) is 5.24. The number of ether oxygens (including phenoxy) is 2. The predicted molar refractivity (Wildman–Crippen MR) is 157 cm³/mol. The fourth-order valence-electron chi connectivity index (χ4n) is 5.24. The highest BCUT2D eigenvalue weighted by Gasteiger charge is 2.63. The largest absolute Gasteiger partial charge is 0.461 e. The van der Waals surface area contributed by atoms with E-state index in [4.69, 9.17) is 4.74 Å². The molecular formula is C31H39F5N4O7. The number of amides is 4. The number of morpholine rings is 1. The average molecular weight is 675 g/mol. The molecule has 2 saturated heterocycles. The van der Waals surface area contributed by atoms with E-state index in [0.717, 1.165) is 4.90 Å². The molecule has 16 heteroatoms. The van der Waals surface area contributed by atoms with E-state index in [0.29, 0.717) is 51.6 Å². The summed E-state index contributed by atoms with van der Waals surface area (Å²) in [6.07, 6.45) is -5.14. The van der Waals surface area contributed by atoms with Crippen LogP contribution in [0.4, 0.5) is 22.0 Å². The molecular weight excluding hydrogens is 635 g/mol. The number of likely N-dealkylation sites (tertiary alicyclic amines) is 1. The van der Waals surface area contributed by atoms with Gasteiger partial charge in [0.1, 0.15) is 12.1 Å². The lowest BCUT2D eigenvalue weighted by atomic mass is 10.0. The third-order valence-corrected chi connectivity index (χ3v) is 7.68. The molecule has 0 saturated carbocycles. The quantitative estimate of drug-likeness (QED) is 0.207. The van der Waals surface area contributed by atoms with Crippen LogP contribution in [0.3, 0.4) is 0 Å². The number of carbonyl (C=O) groups is 5. The van der Waals surface area contributed by atoms with E-state index >= 15 is 0 Å². The Morgan fingerprint density at radius 2 is 1.57 bits per heavy atom. The van der Waals surface area contributed by atoms with Crippen LogP contribution < -0.4 is 10.6 Å². The second kappa shape index (κ2) is 15.7. The average Bonchev–Trinajstić information content (AvgIpc) is 3.51. The SMILES string of the molecule is CCC[C@H](NC(=O)c1ccc(C(=O)N2CCOCC2)cc1)C(=O)N1CCC[C@H]1C(=O)N/C(=C(\OC(C)=O)C(F)(F)C(F)(F)F)C(C)C. The summed E-state index contributed by atoms with van der Waals surface area (Å²) in [6.45, 7) is 6.66. The minimum atomic E-state index is -6.14. The maximum atomic E-state index is 14.5. The lowest BCUT2D eigenvalue weighted by molar-refractivity contribution is -0.276. The van der Waals surface area contributed by atoms with Crippen LogP contribution in [0.5, 0.6) is 0 Å². The summed E-state index contributed by atoms with van der Waals surface area (Å²) in [5.74, 6) is -12.8. The Morgan fingerprint density at radius 1 is 0.979 bits per heavy atom. The first-order valence-corrected chi connectivity index (χ1v) is 15.3. The number of hydrogen-bond donors (Lipinski definition) is 2. The van der Waals surface area contributed by atoms with Gasteiger partial charge in [0.2, 0.25) is 17.6 Å². The fraction of sp³-hybridized carbons (Fsp3) is 0.581. The number of rotatable bonds is 11. The Bertz CT molecular complexity index is 1360. The Balaban J connectivity index is 1.79. The van der Waals surface area contributed by atoms with E-state index in [-0.39, 0.29) is 30.9 Å². The first kappa shape index (κ1) is 37.4. The van der Waals surface area contributed by atoms with Crippen molar-refractivity contribution < 1.29 is 55.4 Å². The van der Waals surface area contributed by atoms with Crippen molar-refractivity contribution in [2.24, 2.45) is 5.92 Å². The number of nitrogens with one attached hydrogen (secondary N) is 2. The van der Waals surface area contributed by atoms with Gasteiger partial charge in [0.25, 0.3) is 11.8 Å². The van der Waals surface area contributed by atoms with Crippen molar-refractivity contribution in [1.82, 2.24) is 20.4 Å². The summed E-state index contributed by atoms with van der Waals surface area (Å²) in [4.78, 5) is 67.1. The van der Waals surface area contributed by atoms with E-state index < -0.39 is 65.2 Å². The van der Waals surface area contributed by atoms with Crippen molar-refractivity contribution in [2.75, 3.05) is 32.8 Å². The van der Waals surface area contributed by atoms with Crippen molar-refractivity contribution in [1.29, 1.82) is 0 Å². The van der Waals surface area contributed by atoms with Crippen LogP contribution >= 0.6 is 0 Å². The van der Waals surface area contributed by atoms with Gasteiger partial charge in [-0.2, -0.15) is 22.0 Å². The molecule has 1 aromatic carbocycles. The predicted octanol–water partition coefficient (Wildman–Crippen LogP) is 3.79. The molecule has 1 aromatic rings. The molecule has 3 rings (SSSR count). The Kier molecular flexibility index (Phi) is 12.5. The first-order chi connectivity index (χ1) is 22.0. The van der Waals surface area contributed by atoms with Gasteiger partial charge in [-0.05, 0) is 49.4 Å². The molecule has 260 valence electrons. The minimum Gasteiger partial charge on any atom is -0.422 e. The van der Waals surface area contributed by atoms with Crippen molar-refractivity contribution in [3.8, 4) is 0 Å². The van der Waals surface area contributed by atoms with E-state index in [9.17, 15) is 45.9 Å². The van der Waals surface area contributed by atoms with Gasteiger partial charge in [-0.25, -0.2) is 0 Å². The number of alkyl halides is 5. The van der Waals surface area contributed by atoms with Gasteiger partial charge < -0.3 is 29.9 Å². The van der Waals surface area contributed by atoms with Crippen molar-refractivity contribution in [3.05, 3.63) is 46.8 Å². The molecule has 0 spiro atoms. The molecule has 0 aromatic heterocycles. The molecule has 2 fully saturated rings. The topological polar surface area (TPSA) is 134 Å². The van der Waals surface area contributed by atoms with E-state index in [1.165, 1.54) is 38.1 Å². The van der Waals surface area contributed by atoms with Crippen molar-refractivity contribution in [2.45, 2.75) is 77.6 Å². The van der Waals surface area contributed by atoms with Crippen molar-refractivity contribution in [3.63, 3.8) is 0 Å². The molecule has 2 N–H and O–H groups in total. The Labute approximate surface area is 268 Å². The molecule has 0 unspecified atom stereocenters. The molecule has 2 atom stereocenters. The maximum absolute atomic E-state index is 14.5. The highest BCUT2D eigenvalue weighted by atomic mass is 19.4. The second-order valence-electron chi connectivity index (χ2n) is 11.5. The van der Waals surface area contributed by atoms with Gasteiger partial charge in [-0.3, -0.25) is 24.0 Å². The molecule has 4 amide bonds. The summed E-state index contributed by atoms with van der Waals surface area (Å²) in [7, 11) is 0. The number of carbonyl (C=O) groups excluding carboxylic acids is 5. The maximum Gasteiger partial charge on any atom is 0.461 e. The first-order valence-electron chi connectivity index (χ1n) is 15.3. The van der Waals surface area contributed by atoms with E-state index in [1.54, 1.807) is 11.8 Å². The van der Waals surface area contributed by atoms with E-state index in [2.05, 4.69) is 15.4 Å².